The third-order valence-corrected chi connectivity index (χ3v) is 3.63. The molecule has 0 atom stereocenters. The first kappa shape index (κ1) is 13.3. The molecule has 0 radical (unpaired) electrons. The normalized spacial score (nSPS) is 24.5. The molecule has 0 aromatic carbocycles. The van der Waals surface area contributed by atoms with Gasteiger partial charge in [0.15, 0.2) is 5.79 Å². The van der Waals surface area contributed by atoms with Crippen molar-refractivity contribution < 1.29 is 14.2 Å². The van der Waals surface area contributed by atoms with Crippen molar-refractivity contribution >= 4 is 0 Å². The standard InChI is InChI=1S/C13H25NO3/c1-2-3-9-15-10-8-14-6-4-13(5-7-14)16-11-12-17-13/h2-12H2,1H3. The highest BCUT2D eigenvalue weighted by Gasteiger charge is 2.39. The molecule has 0 aromatic rings. The number of hydrogen-bond acceptors (Lipinski definition) is 4. The van der Waals surface area contributed by atoms with Crippen molar-refractivity contribution in [3.8, 4) is 0 Å². The van der Waals surface area contributed by atoms with E-state index < -0.39 is 0 Å². The second-order valence-corrected chi connectivity index (χ2v) is 4.92. The zero-order valence-electron chi connectivity index (χ0n) is 11.0. The van der Waals surface area contributed by atoms with Gasteiger partial charge >= 0.3 is 0 Å². The summed E-state index contributed by atoms with van der Waals surface area (Å²) in [5.74, 6) is -0.237. The van der Waals surface area contributed by atoms with Gasteiger partial charge in [0.25, 0.3) is 0 Å². The average Bonchev–Trinajstić information content (AvgIpc) is 2.80. The van der Waals surface area contributed by atoms with E-state index in [0.29, 0.717) is 0 Å². The van der Waals surface area contributed by atoms with Crippen molar-refractivity contribution in [3.63, 3.8) is 0 Å². The van der Waals surface area contributed by atoms with Gasteiger partial charge in [0.1, 0.15) is 0 Å². The molecular weight excluding hydrogens is 218 g/mol. The van der Waals surface area contributed by atoms with Crippen molar-refractivity contribution in [1.29, 1.82) is 0 Å². The Bertz CT molecular complexity index is 207. The van der Waals surface area contributed by atoms with Crippen LogP contribution in [-0.2, 0) is 14.2 Å². The van der Waals surface area contributed by atoms with E-state index >= 15 is 0 Å². The maximum atomic E-state index is 5.71. The highest BCUT2D eigenvalue weighted by molar-refractivity contribution is 4.82. The van der Waals surface area contributed by atoms with Crippen molar-refractivity contribution in [1.82, 2.24) is 4.90 Å². The zero-order chi connectivity index (χ0) is 12.0. The molecule has 100 valence electrons. The van der Waals surface area contributed by atoms with Crippen LogP contribution in [0.3, 0.4) is 0 Å². The molecule has 0 amide bonds. The molecule has 0 unspecified atom stereocenters. The molecule has 2 aliphatic rings. The van der Waals surface area contributed by atoms with Gasteiger partial charge in [-0.15, -0.1) is 0 Å². The summed E-state index contributed by atoms with van der Waals surface area (Å²) < 4.78 is 17.0. The Labute approximate surface area is 104 Å². The second kappa shape index (κ2) is 6.69. The lowest BCUT2D eigenvalue weighted by molar-refractivity contribution is -0.185. The van der Waals surface area contributed by atoms with Gasteiger partial charge in [-0.25, -0.2) is 0 Å². The Kier molecular flexibility index (Phi) is 5.22. The minimum absolute atomic E-state index is 0.237. The fourth-order valence-corrected chi connectivity index (χ4v) is 2.45. The van der Waals surface area contributed by atoms with Crippen molar-refractivity contribution in [2.24, 2.45) is 0 Å². The number of likely N-dealkylation sites (tertiary alicyclic amines) is 1. The molecule has 0 N–H and O–H groups in total. The van der Waals surface area contributed by atoms with Gasteiger partial charge in [-0.3, -0.25) is 0 Å². The van der Waals surface area contributed by atoms with E-state index in [4.69, 9.17) is 14.2 Å². The van der Waals surface area contributed by atoms with Gasteiger partial charge in [-0.05, 0) is 6.42 Å². The molecule has 4 nitrogen and oxygen atoms in total. The monoisotopic (exact) mass is 243 g/mol. The van der Waals surface area contributed by atoms with Gasteiger partial charge in [0, 0.05) is 39.1 Å². The zero-order valence-corrected chi connectivity index (χ0v) is 11.0. The van der Waals surface area contributed by atoms with Crippen LogP contribution in [0.2, 0.25) is 0 Å². The lowest BCUT2D eigenvalue weighted by Gasteiger charge is -2.37. The highest BCUT2D eigenvalue weighted by atomic mass is 16.7. The molecule has 2 aliphatic heterocycles. The molecule has 2 rings (SSSR count). The minimum atomic E-state index is -0.237. The first-order valence-electron chi connectivity index (χ1n) is 6.93. The molecule has 4 heteroatoms. The third-order valence-electron chi connectivity index (χ3n) is 3.63. The van der Waals surface area contributed by atoms with Crippen molar-refractivity contribution in [2.75, 3.05) is 46.1 Å². The summed E-state index contributed by atoms with van der Waals surface area (Å²) >= 11 is 0. The predicted molar refractivity (Wildman–Crippen MR) is 66.0 cm³/mol. The molecule has 1 spiro atoms. The summed E-state index contributed by atoms with van der Waals surface area (Å²) in [5.41, 5.74) is 0. The lowest BCUT2D eigenvalue weighted by Crippen LogP contribution is -2.46. The van der Waals surface area contributed by atoms with Crippen LogP contribution in [0.1, 0.15) is 32.6 Å². The van der Waals surface area contributed by atoms with Crippen LogP contribution in [0.5, 0.6) is 0 Å². The summed E-state index contributed by atoms with van der Waals surface area (Å²) in [6.45, 7) is 8.65. The Morgan fingerprint density at radius 3 is 2.47 bits per heavy atom. The predicted octanol–water partition coefficient (Wildman–Crippen LogP) is 1.64. The minimum Gasteiger partial charge on any atom is -0.380 e. The maximum absolute atomic E-state index is 5.71. The molecule has 17 heavy (non-hydrogen) atoms. The van der Waals surface area contributed by atoms with Crippen LogP contribution >= 0.6 is 0 Å². The van der Waals surface area contributed by atoms with Gasteiger partial charge in [-0.2, -0.15) is 0 Å². The Morgan fingerprint density at radius 1 is 1.12 bits per heavy atom. The van der Waals surface area contributed by atoms with Gasteiger partial charge in [0.2, 0.25) is 0 Å². The second-order valence-electron chi connectivity index (χ2n) is 4.92. The topological polar surface area (TPSA) is 30.9 Å². The van der Waals surface area contributed by atoms with Crippen LogP contribution in [0, 0.1) is 0 Å². The van der Waals surface area contributed by atoms with E-state index in [1.54, 1.807) is 0 Å². The first-order chi connectivity index (χ1) is 8.35. The summed E-state index contributed by atoms with van der Waals surface area (Å²) in [7, 11) is 0. The smallest absolute Gasteiger partial charge is 0.170 e. The number of nitrogens with zero attached hydrogens (tertiary/aromatic N) is 1. The van der Waals surface area contributed by atoms with E-state index in [2.05, 4.69) is 11.8 Å². The molecule has 0 aromatic heterocycles. The molecule has 0 bridgehead atoms. The lowest BCUT2D eigenvalue weighted by atomic mass is 10.0. The van der Waals surface area contributed by atoms with Gasteiger partial charge < -0.3 is 19.1 Å². The number of hydrogen-bond donors (Lipinski definition) is 0. The van der Waals surface area contributed by atoms with Crippen molar-refractivity contribution in [3.05, 3.63) is 0 Å². The number of rotatable bonds is 6. The number of piperidine rings is 1. The fraction of sp³-hybridized carbons (Fsp3) is 1.00. The van der Waals surface area contributed by atoms with E-state index in [-0.39, 0.29) is 5.79 Å². The van der Waals surface area contributed by atoms with Crippen LogP contribution < -0.4 is 0 Å². The van der Waals surface area contributed by atoms with E-state index in [1.165, 1.54) is 12.8 Å². The average molecular weight is 243 g/mol. The van der Waals surface area contributed by atoms with Gasteiger partial charge in [0.05, 0.1) is 19.8 Å². The Hall–Kier alpha value is -0.160. The molecule has 0 aliphatic carbocycles. The summed E-state index contributed by atoms with van der Waals surface area (Å²) in [4.78, 5) is 2.45. The number of ether oxygens (including phenoxy) is 3. The molecule has 2 heterocycles. The first-order valence-corrected chi connectivity index (χ1v) is 6.93. The number of unbranched alkanes of at least 4 members (excludes halogenated alkanes) is 1. The summed E-state index contributed by atoms with van der Waals surface area (Å²) in [6, 6.07) is 0. The fourth-order valence-electron chi connectivity index (χ4n) is 2.45. The summed E-state index contributed by atoms with van der Waals surface area (Å²) in [5, 5.41) is 0. The van der Waals surface area contributed by atoms with Crippen LogP contribution in [-0.4, -0.2) is 56.7 Å². The van der Waals surface area contributed by atoms with Crippen LogP contribution in [0.15, 0.2) is 0 Å². The van der Waals surface area contributed by atoms with E-state index in [1.807, 2.05) is 0 Å². The van der Waals surface area contributed by atoms with Gasteiger partial charge in [-0.1, -0.05) is 13.3 Å². The molecule has 2 saturated heterocycles. The maximum Gasteiger partial charge on any atom is 0.170 e. The van der Waals surface area contributed by atoms with Crippen molar-refractivity contribution in [2.45, 2.75) is 38.4 Å². The molecular formula is C13H25NO3. The van der Waals surface area contributed by atoms with E-state index in [9.17, 15) is 0 Å². The van der Waals surface area contributed by atoms with E-state index in [0.717, 1.165) is 58.9 Å². The molecule has 2 fully saturated rings. The SMILES string of the molecule is CCCCOCCN1CCC2(CC1)OCCO2. The quantitative estimate of drug-likeness (QED) is 0.664. The third kappa shape index (κ3) is 3.91. The molecule has 0 saturated carbocycles. The summed E-state index contributed by atoms with van der Waals surface area (Å²) in [6.07, 6.45) is 4.38. The Balaban J connectivity index is 1.56. The van der Waals surface area contributed by atoms with Crippen LogP contribution in [0.25, 0.3) is 0 Å². The Morgan fingerprint density at radius 2 is 1.82 bits per heavy atom. The van der Waals surface area contributed by atoms with Crippen LogP contribution in [0.4, 0.5) is 0 Å². The largest absolute Gasteiger partial charge is 0.380 e. The highest BCUT2D eigenvalue weighted by Crippen LogP contribution is 2.30.